The Hall–Kier alpha value is -2.49. The van der Waals surface area contributed by atoms with Crippen LogP contribution in [0.1, 0.15) is 29.2 Å². The van der Waals surface area contributed by atoms with Gasteiger partial charge in [0, 0.05) is 11.3 Å². The molecule has 2 aromatic rings. The van der Waals surface area contributed by atoms with E-state index in [0.717, 1.165) is 11.6 Å². The Kier molecular flexibility index (Phi) is 5.50. The van der Waals surface area contributed by atoms with E-state index in [2.05, 4.69) is 0 Å². The third-order valence-electron chi connectivity index (χ3n) is 3.83. The van der Waals surface area contributed by atoms with E-state index in [1.807, 2.05) is 44.2 Å². The Morgan fingerprint density at radius 2 is 1.67 bits per heavy atom. The minimum Gasteiger partial charge on any atom is -0.398 e. The molecule has 4 heteroatoms. The Balaban J connectivity index is 2.25. The van der Waals surface area contributed by atoms with E-state index in [4.69, 9.17) is 5.73 Å². The van der Waals surface area contributed by atoms with Crippen LogP contribution in [0.3, 0.4) is 0 Å². The molecule has 24 heavy (non-hydrogen) atoms. The normalized spacial score (nSPS) is 13.2. The zero-order valence-electron chi connectivity index (χ0n) is 13.7. The molecule has 0 aliphatic rings. The Labute approximate surface area is 140 Å². The lowest BCUT2D eigenvalue weighted by Crippen LogP contribution is -2.11. The van der Waals surface area contributed by atoms with Crippen molar-refractivity contribution in [3.63, 3.8) is 0 Å². The molecule has 0 heterocycles. The van der Waals surface area contributed by atoms with Crippen molar-refractivity contribution in [1.82, 2.24) is 0 Å². The lowest BCUT2D eigenvalue weighted by molar-refractivity contribution is -0.137. The molecule has 0 aliphatic carbocycles. The maximum absolute atomic E-state index is 13.1. The summed E-state index contributed by atoms with van der Waals surface area (Å²) in [5.74, 6) is 0. The highest BCUT2D eigenvalue weighted by molar-refractivity contribution is 5.68. The zero-order chi connectivity index (χ0) is 17.7. The van der Waals surface area contributed by atoms with Gasteiger partial charge in [-0.2, -0.15) is 13.2 Å². The van der Waals surface area contributed by atoms with Crippen LogP contribution >= 0.6 is 0 Å². The second-order valence-corrected chi connectivity index (χ2v) is 5.72. The lowest BCUT2D eigenvalue weighted by atomic mass is 10.0. The summed E-state index contributed by atoms with van der Waals surface area (Å²) >= 11 is 0. The molecule has 0 radical (unpaired) electrons. The van der Waals surface area contributed by atoms with Crippen LogP contribution in [0.4, 0.5) is 13.2 Å². The number of nitrogens with two attached hydrogens (primary N) is 1. The molecule has 0 atom stereocenters. The van der Waals surface area contributed by atoms with Gasteiger partial charge in [0.25, 0.3) is 0 Å². The predicted octanol–water partition coefficient (Wildman–Crippen LogP) is 5.50. The number of allylic oxidation sites excluding steroid dienone is 3. The molecule has 2 rings (SSSR count). The van der Waals surface area contributed by atoms with E-state index in [1.54, 1.807) is 12.1 Å². The maximum atomic E-state index is 13.1. The van der Waals surface area contributed by atoms with E-state index < -0.39 is 11.7 Å². The van der Waals surface area contributed by atoms with Crippen molar-refractivity contribution in [2.24, 2.45) is 5.73 Å². The standard InChI is InChI=1S/C20H20F3N/c1-14(11-12-16-8-4-3-7-15(16)2)13-19(24)17-9-5-6-10-18(17)20(21,22)23/h3-11,13H,12,24H2,1-2H3/b14-11-,19-13-. The fourth-order valence-electron chi connectivity index (χ4n) is 2.47. The Morgan fingerprint density at radius 3 is 2.33 bits per heavy atom. The van der Waals surface area contributed by atoms with Crippen LogP contribution in [-0.2, 0) is 12.6 Å². The first kappa shape index (κ1) is 17.9. The molecule has 0 fully saturated rings. The Morgan fingerprint density at radius 1 is 1.04 bits per heavy atom. The lowest BCUT2D eigenvalue weighted by Gasteiger charge is -2.13. The second kappa shape index (κ2) is 7.39. The maximum Gasteiger partial charge on any atom is 0.417 e. The van der Waals surface area contributed by atoms with E-state index in [-0.39, 0.29) is 11.3 Å². The van der Waals surface area contributed by atoms with Crippen LogP contribution in [0, 0.1) is 6.92 Å². The number of halogens is 3. The van der Waals surface area contributed by atoms with Gasteiger partial charge in [-0.15, -0.1) is 0 Å². The van der Waals surface area contributed by atoms with E-state index in [9.17, 15) is 13.2 Å². The van der Waals surface area contributed by atoms with Crippen LogP contribution in [0.2, 0.25) is 0 Å². The number of alkyl halides is 3. The predicted molar refractivity (Wildman–Crippen MR) is 92.2 cm³/mol. The van der Waals surface area contributed by atoms with Crippen LogP contribution in [-0.4, -0.2) is 0 Å². The molecular formula is C20H20F3N. The molecule has 0 spiro atoms. The molecule has 0 bridgehead atoms. The topological polar surface area (TPSA) is 26.0 Å². The molecule has 2 N–H and O–H groups in total. The third kappa shape index (κ3) is 4.51. The molecule has 2 aromatic carbocycles. The van der Waals surface area contributed by atoms with Crippen molar-refractivity contribution in [3.8, 4) is 0 Å². The summed E-state index contributed by atoms with van der Waals surface area (Å²) in [6, 6.07) is 13.4. The monoisotopic (exact) mass is 331 g/mol. The van der Waals surface area contributed by atoms with Crippen LogP contribution in [0.5, 0.6) is 0 Å². The smallest absolute Gasteiger partial charge is 0.398 e. The summed E-state index contributed by atoms with van der Waals surface area (Å²) in [5, 5.41) is 0. The summed E-state index contributed by atoms with van der Waals surface area (Å²) in [5.41, 5.74) is 8.50. The van der Waals surface area contributed by atoms with Gasteiger partial charge < -0.3 is 5.73 Å². The van der Waals surface area contributed by atoms with Gasteiger partial charge in [0.05, 0.1) is 5.56 Å². The molecule has 1 nitrogen and oxygen atoms in total. The highest BCUT2D eigenvalue weighted by Gasteiger charge is 2.33. The number of benzene rings is 2. The van der Waals surface area contributed by atoms with Gasteiger partial charge in [-0.05, 0) is 43.5 Å². The van der Waals surface area contributed by atoms with Gasteiger partial charge in [-0.3, -0.25) is 0 Å². The van der Waals surface area contributed by atoms with Gasteiger partial charge >= 0.3 is 6.18 Å². The first-order valence-electron chi connectivity index (χ1n) is 7.64. The van der Waals surface area contributed by atoms with Crippen molar-refractivity contribution >= 4 is 5.70 Å². The molecule has 0 amide bonds. The fraction of sp³-hybridized carbons (Fsp3) is 0.200. The van der Waals surface area contributed by atoms with Crippen molar-refractivity contribution in [2.75, 3.05) is 0 Å². The van der Waals surface area contributed by atoms with Crippen molar-refractivity contribution in [2.45, 2.75) is 26.4 Å². The second-order valence-electron chi connectivity index (χ2n) is 5.72. The molecular weight excluding hydrogens is 311 g/mol. The van der Waals surface area contributed by atoms with Crippen molar-refractivity contribution in [3.05, 3.63) is 88.5 Å². The summed E-state index contributed by atoms with van der Waals surface area (Å²) in [6.45, 7) is 3.86. The van der Waals surface area contributed by atoms with Crippen LogP contribution < -0.4 is 5.73 Å². The average Bonchev–Trinajstić information content (AvgIpc) is 2.53. The molecule has 0 aromatic heterocycles. The summed E-state index contributed by atoms with van der Waals surface area (Å²) in [7, 11) is 0. The van der Waals surface area contributed by atoms with Gasteiger partial charge in [0.2, 0.25) is 0 Å². The SMILES string of the molecule is CC(=C/Cc1ccccc1C)/C=C(\N)c1ccccc1C(F)(F)F. The first-order chi connectivity index (χ1) is 11.3. The minimum atomic E-state index is -4.42. The molecule has 0 saturated carbocycles. The third-order valence-corrected chi connectivity index (χ3v) is 3.83. The highest BCUT2D eigenvalue weighted by atomic mass is 19.4. The first-order valence-corrected chi connectivity index (χ1v) is 7.64. The minimum absolute atomic E-state index is 0.00800. The van der Waals surface area contributed by atoms with Crippen molar-refractivity contribution in [1.29, 1.82) is 0 Å². The zero-order valence-corrected chi connectivity index (χ0v) is 13.7. The Bertz CT molecular complexity index is 770. The number of rotatable bonds is 4. The molecule has 0 aliphatic heterocycles. The number of hydrogen-bond acceptors (Lipinski definition) is 1. The average molecular weight is 331 g/mol. The van der Waals surface area contributed by atoms with Crippen LogP contribution in [0.25, 0.3) is 5.70 Å². The summed E-state index contributed by atoms with van der Waals surface area (Å²) < 4.78 is 39.2. The summed E-state index contributed by atoms with van der Waals surface area (Å²) in [6.07, 6.45) is -0.161. The van der Waals surface area contributed by atoms with Gasteiger partial charge in [-0.25, -0.2) is 0 Å². The highest BCUT2D eigenvalue weighted by Crippen LogP contribution is 2.33. The van der Waals surface area contributed by atoms with E-state index >= 15 is 0 Å². The van der Waals surface area contributed by atoms with Crippen LogP contribution in [0.15, 0.2) is 66.3 Å². The van der Waals surface area contributed by atoms with Crippen molar-refractivity contribution < 1.29 is 13.2 Å². The molecule has 0 unspecified atom stereocenters. The molecule has 126 valence electrons. The quantitative estimate of drug-likeness (QED) is 0.735. The van der Waals surface area contributed by atoms with Gasteiger partial charge in [0.1, 0.15) is 0 Å². The largest absolute Gasteiger partial charge is 0.417 e. The van der Waals surface area contributed by atoms with E-state index in [1.165, 1.54) is 23.3 Å². The fourth-order valence-corrected chi connectivity index (χ4v) is 2.47. The van der Waals surface area contributed by atoms with Gasteiger partial charge in [0.15, 0.2) is 0 Å². The molecule has 0 saturated heterocycles. The van der Waals surface area contributed by atoms with Gasteiger partial charge in [-0.1, -0.05) is 54.1 Å². The number of aryl methyl sites for hydroxylation is 1. The summed E-state index contributed by atoms with van der Waals surface area (Å²) in [4.78, 5) is 0. The number of hydrogen-bond donors (Lipinski definition) is 1. The van der Waals surface area contributed by atoms with E-state index in [0.29, 0.717) is 6.42 Å².